The van der Waals surface area contributed by atoms with E-state index >= 15 is 0 Å². The molecule has 0 spiro atoms. The molecule has 1 aromatic rings. The van der Waals surface area contributed by atoms with Crippen LogP contribution in [-0.4, -0.2) is 13.2 Å². The summed E-state index contributed by atoms with van der Waals surface area (Å²) in [5.74, 6) is 1.71. The zero-order chi connectivity index (χ0) is 9.10. The molecule has 70 valence electrons. The van der Waals surface area contributed by atoms with Gasteiger partial charge in [-0.05, 0) is 17.7 Å². The van der Waals surface area contributed by atoms with Crippen molar-refractivity contribution in [1.82, 2.24) is 3.53 Å². The first-order valence-electron chi connectivity index (χ1n) is 4.12. The van der Waals surface area contributed by atoms with E-state index in [4.69, 9.17) is 9.47 Å². The van der Waals surface area contributed by atoms with Gasteiger partial charge in [0.2, 0.25) is 0 Å². The van der Waals surface area contributed by atoms with Gasteiger partial charge < -0.3 is 9.47 Å². The fourth-order valence-corrected chi connectivity index (χ4v) is 1.72. The molecule has 0 atom stereocenters. The molecule has 2 rings (SSSR count). The summed E-state index contributed by atoms with van der Waals surface area (Å²) in [5.41, 5.74) is 1.21. The summed E-state index contributed by atoms with van der Waals surface area (Å²) in [6, 6.07) is 6.01. The van der Waals surface area contributed by atoms with Crippen LogP contribution in [0.5, 0.6) is 11.5 Å². The second-order valence-corrected chi connectivity index (χ2v) is 3.55. The van der Waals surface area contributed by atoms with Crippen LogP contribution in [0.4, 0.5) is 0 Å². The second-order valence-electron chi connectivity index (χ2n) is 2.79. The van der Waals surface area contributed by atoms with E-state index in [1.165, 1.54) is 5.56 Å². The number of halogens is 1. The van der Waals surface area contributed by atoms with E-state index in [1.807, 2.05) is 18.2 Å². The lowest BCUT2D eigenvalue weighted by molar-refractivity contribution is 0.171. The van der Waals surface area contributed by atoms with Gasteiger partial charge in [0, 0.05) is 29.4 Å². The molecule has 0 saturated heterocycles. The van der Waals surface area contributed by atoms with Gasteiger partial charge in [0.05, 0.1) is 0 Å². The molecule has 3 nitrogen and oxygen atoms in total. The number of ether oxygens (including phenoxy) is 2. The van der Waals surface area contributed by atoms with Crippen LogP contribution in [0.1, 0.15) is 5.56 Å². The van der Waals surface area contributed by atoms with Crippen molar-refractivity contribution >= 4 is 22.9 Å². The van der Waals surface area contributed by atoms with Crippen molar-refractivity contribution < 1.29 is 9.47 Å². The highest BCUT2D eigenvalue weighted by molar-refractivity contribution is 14.1. The molecule has 0 amide bonds. The number of hydrogen-bond acceptors (Lipinski definition) is 3. The highest BCUT2D eigenvalue weighted by Crippen LogP contribution is 2.30. The molecule has 0 saturated carbocycles. The predicted molar refractivity (Wildman–Crippen MR) is 58.3 cm³/mol. The maximum atomic E-state index is 5.46. The highest BCUT2D eigenvalue weighted by Gasteiger charge is 2.10. The Morgan fingerprint density at radius 3 is 2.77 bits per heavy atom. The molecule has 0 aromatic heterocycles. The van der Waals surface area contributed by atoms with Gasteiger partial charge in [-0.3, -0.25) is 3.53 Å². The van der Waals surface area contributed by atoms with Crippen LogP contribution in [0.3, 0.4) is 0 Å². The molecule has 0 aliphatic carbocycles. The van der Waals surface area contributed by atoms with Crippen molar-refractivity contribution in [2.24, 2.45) is 0 Å². The minimum Gasteiger partial charge on any atom is -0.486 e. The number of hydrogen-bond donors (Lipinski definition) is 1. The molecule has 0 radical (unpaired) electrons. The van der Waals surface area contributed by atoms with Crippen molar-refractivity contribution in [2.75, 3.05) is 13.2 Å². The van der Waals surface area contributed by atoms with E-state index in [-0.39, 0.29) is 0 Å². The zero-order valence-corrected chi connectivity index (χ0v) is 9.21. The summed E-state index contributed by atoms with van der Waals surface area (Å²) in [7, 11) is 0. The lowest BCUT2D eigenvalue weighted by atomic mass is 10.2. The fraction of sp³-hybridized carbons (Fsp3) is 0.333. The van der Waals surface area contributed by atoms with E-state index in [0.29, 0.717) is 13.2 Å². The van der Waals surface area contributed by atoms with Crippen LogP contribution >= 0.6 is 22.9 Å². The van der Waals surface area contributed by atoms with Crippen molar-refractivity contribution in [2.45, 2.75) is 6.54 Å². The van der Waals surface area contributed by atoms with Gasteiger partial charge in [-0.15, -0.1) is 0 Å². The monoisotopic (exact) mass is 291 g/mol. The third-order valence-corrected chi connectivity index (χ3v) is 2.26. The van der Waals surface area contributed by atoms with Crippen LogP contribution in [0, 0.1) is 0 Å². The summed E-state index contributed by atoms with van der Waals surface area (Å²) in [6.45, 7) is 2.14. The lowest BCUT2D eigenvalue weighted by Crippen LogP contribution is -2.15. The van der Waals surface area contributed by atoms with Gasteiger partial charge in [-0.25, -0.2) is 0 Å². The van der Waals surface area contributed by atoms with Crippen molar-refractivity contribution in [3.63, 3.8) is 0 Å². The Morgan fingerprint density at radius 2 is 2.00 bits per heavy atom. The largest absolute Gasteiger partial charge is 0.486 e. The quantitative estimate of drug-likeness (QED) is 0.667. The zero-order valence-electron chi connectivity index (χ0n) is 7.05. The van der Waals surface area contributed by atoms with E-state index in [9.17, 15) is 0 Å². The molecule has 1 aliphatic rings. The van der Waals surface area contributed by atoms with Crippen LogP contribution in [-0.2, 0) is 6.54 Å². The molecule has 4 heteroatoms. The third-order valence-electron chi connectivity index (χ3n) is 1.88. The molecule has 1 aliphatic heterocycles. The van der Waals surface area contributed by atoms with Crippen LogP contribution in [0.2, 0.25) is 0 Å². The predicted octanol–water partition coefficient (Wildman–Crippen LogP) is 1.90. The van der Waals surface area contributed by atoms with Gasteiger partial charge in [-0.1, -0.05) is 6.07 Å². The molecular weight excluding hydrogens is 281 g/mol. The standard InChI is InChI=1S/C9H10INO2/c10-11-6-7-1-2-8-9(5-7)13-4-3-12-8/h1-2,5,11H,3-4,6H2. The van der Waals surface area contributed by atoms with Crippen LogP contribution in [0.15, 0.2) is 18.2 Å². The molecule has 0 fully saturated rings. The van der Waals surface area contributed by atoms with Gasteiger partial charge >= 0.3 is 0 Å². The molecule has 1 N–H and O–H groups in total. The summed E-state index contributed by atoms with van der Waals surface area (Å²) < 4.78 is 13.9. The third kappa shape index (κ3) is 2.05. The van der Waals surface area contributed by atoms with Gasteiger partial charge in [0.1, 0.15) is 13.2 Å². The van der Waals surface area contributed by atoms with Crippen LogP contribution in [0.25, 0.3) is 0 Å². The minimum atomic E-state index is 0.647. The number of rotatable bonds is 2. The highest BCUT2D eigenvalue weighted by atomic mass is 127. The van der Waals surface area contributed by atoms with E-state index < -0.39 is 0 Å². The topological polar surface area (TPSA) is 30.5 Å². The summed E-state index contributed by atoms with van der Waals surface area (Å²) >= 11 is 2.12. The van der Waals surface area contributed by atoms with Crippen molar-refractivity contribution in [3.8, 4) is 11.5 Å². The molecule has 0 unspecified atom stereocenters. The number of nitrogens with one attached hydrogen (secondary N) is 1. The lowest BCUT2D eigenvalue weighted by Gasteiger charge is -2.18. The molecular formula is C9H10INO2. The molecule has 1 heterocycles. The van der Waals surface area contributed by atoms with Crippen molar-refractivity contribution in [3.05, 3.63) is 23.8 Å². The second kappa shape index (κ2) is 4.15. The normalized spacial score (nSPS) is 14.2. The minimum absolute atomic E-state index is 0.647. The Kier molecular flexibility index (Phi) is 2.90. The maximum Gasteiger partial charge on any atom is 0.161 e. The number of fused-ring (bicyclic) bond motifs is 1. The average molecular weight is 291 g/mol. The maximum absolute atomic E-state index is 5.46. The molecule has 13 heavy (non-hydrogen) atoms. The SMILES string of the molecule is INCc1ccc2c(c1)OCCO2. The molecule has 1 aromatic carbocycles. The average Bonchev–Trinajstić information content (AvgIpc) is 2.18. The Hall–Kier alpha value is -0.490. The van der Waals surface area contributed by atoms with Gasteiger partial charge in [0.25, 0.3) is 0 Å². The van der Waals surface area contributed by atoms with E-state index in [2.05, 4.69) is 26.4 Å². The first-order valence-corrected chi connectivity index (χ1v) is 5.20. The first-order chi connectivity index (χ1) is 6.40. The summed E-state index contributed by atoms with van der Waals surface area (Å²) in [6.07, 6.45) is 0. The van der Waals surface area contributed by atoms with E-state index in [0.717, 1.165) is 18.0 Å². The van der Waals surface area contributed by atoms with Gasteiger partial charge in [0.15, 0.2) is 11.5 Å². The van der Waals surface area contributed by atoms with Gasteiger partial charge in [-0.2, -0.15) is 0 Å². The Morgan fingerprint density at radius 1 is 1.23 bits per heavy atom. The Labute approximate surface area is 90.9 Å². The molecule has 0 bridgehead atoms. The Balaban J connectivity index is 2.24. The smallest absolute Gasteiger partial charge is 0.161 e. The van der Waals surface area contributed by atoms with E-state index in [1.54, 1.807) is 0 Å². The summed E-state index contributed by atoms with van der Waals surface area (Å²) in [5, 5.41) is 0. The fourth-order valence-electron chi connectivity index (χ4n) is 1.27. The van der Waals surface area contributed by atoms with Crippen LogP contribution < -0.4 is 13.0 Å². The first kappa shape index (κ1) is 9.08. The van der Waals surface area contributed by atoms with Crippen molar-refractivity contribution in [1.29, 1.82) is 0 Å². The Bertz CT molecular complexity index is 304. The number of benzene rings is 1. The summed E-state index contributed by atoms with van der Waals surface area (Å²) in [4.78, 5) is 0.